The van der Waals surface area contributed by atoms with Gasteiger partial charge < -0.3 is 18.1 Å². The molecule has 0 amide bonds. The zero-order valence-electron chi connectivity index (χ0n) is 39.5. The molecule has 2 aliphatic heterocycles. The van der Waals surface area contributed by atoms with Crippen LogP contribution in [-0.4, -0.2) is 16.4 Å². The summed E-state index contributed by atoms with van der Waals surface area (Å²) in [6.45, 7) is 2.29. The molecule has 3 aliphatic rings. The Labute approximate surface area is 415 Å². The van der Waals surface area contributed by atoms with Gasteiger partial charge in [-0.3, -0.25) is 4.99 Å². The van der Waals surface area contributed by atoms with Gasteiger partial charge in [0.05, 0.1) is 22.4 Å². The van der Waals surface area contributed by atoms with Gasteiger partial charge in [0, 0.05) is 78.0 Å². The van der Waals surface area contributed by atoms with Gasteiger partial charge in [-0.25, -0.2) is 0 Å². The van der Waals surface area contributed by atoms with Gasteiger partial charge in [-0.2, -0.15) is 0 Å². The average molecular weight is 927 g/mol. The lowest BCUT2D eigenvalue weighted by Gasteiger charge is -2.31. The molecule has 0 spiro atoms. The van der Waals surface area contributed by atoms with Crippen LogP contribution in [0.1, 0.15) is 47.4 Å². The van der Waals surface area contributed by atoms with Crippen LogP contribution in [0.5, 0.6) is 5.75 Å². The quantitative estimate of drug-likeness (QED) is 0.160. The van der Waals surface area contributed by atoms with Crippen LogP contribution in [0.25, 0.3) is 99.3 Å². The number of nitrogens with zero attached hydrogens (tertiary/aromatic N) is 2. The van der Waals surface area contributed by atoms with E-state index in [1.807, 2.05) is 12.1 Å². The van der Waals surface area contributed by atoms with Crippen LogP contribution >= 0.6 is 0 Å². The maximum atomic E-state index is 6.71. The molecule has 5 nitrogen and oxygen atoms in total. The summed E-state index contributed by atoms with van der Waals surface area (Å²) in [5.41, 5.74) is 18.2. The van der Waals surface area contributed by atoms with E-state index in [4.69, 9.17) is 18.6 Å². The van der Waals surface area contributed by atoms with Crippen molar-refractivity contribution in [3.8, 4) is 33.7 Å². The molecule has 4 atom stereocenters. The van der Waals surface area contributed by atoms with Crippen LogP contribution in [0.15, 0.2) is 238 Å². The molecule has 1 aliphatic carbocycles. The van der Waals surface area contributed by atoms with Crippen LogP contribution in [0.2, 0.25) is 0 Å². The highest BCUT2D eigenvalue weighted by Crippen LogP contribution is 2.47. The Bertz CT molecular complexity index is 4310. The Balaban J connectivity index is 0.830. The number of aromatic nitrogens is 1. The van der Waals surface area contributed by atoms with Crippen molar-refractivity contribution in [1.29, 1.82) is 0 Å². The predicted molar refractivity (Wildman–Crippen MR) is 296 cm³/mol. The number of benzene rings is 9. The maximum Gasteiger partial charge on any atom is 0.143 e. The molecule has 0 fully saturated rings. The molecule has 342 valence electrons. The second-order valence-electron chi connectivity index (χ2n) is 19.5. The topological polar surface area (TPSA) is 52.8 Å². The average Bonchev–Trinajstić information content (AvgIpc) is 4.21. The minimum atomic E-state index is 0.0291. The van der Waals surface area contributed by atoms with Crippen molar-refractivity contribution in [2.45, 2.75) is 31.3 Å². The summed E-state index contributed by atoms with van der Waals surface area (Å²) in [7, 11) is 0. The molecule has 4 unspecified atom stereocenters. The van der Waals surface area contributed by atoms with Crippen molar-refractivity contribution in [2.75, 3.05) is 0 Å². The summed E-state index contributed by atoms with van der Waals surface area (Å²) in [6.07, 6.45) is 11.9. The van der Waals surface area contributed by atoms with Crippen LogP contribution in [0.4, 0.5) is 0 Å². The number of allylic oxidation sites excluding steroid dienone is 3. The Kier molecular flexibility index (Phi) is 9.12. The van der Waals surface area contributed by atoms with E-state index in [0.29, 0.717) is 0 Å². The third-order valence-corrected chi connectivity index (χ3v) is 15.6. The van der Waals surface area contributed by atoms with Gasteiger partial charge in [-0.05, 0) is 101 Å². The first-order chi connectivity index (χ1) is 35.6. The van der Waals surface area contributed by atoms with Crippen molar-refractivity contribution >= 4 is 77.1 Å². The lowest BCUT2D eigenvalue weighted by atomic mass is 9.76. The summed E-state index contributed by atoms with van der Waals surface area (Å²) in [5, 5.41) is 6.86. The van der Waals surface area contributed by atoms with Gasteiger partial charge in [0.2, 0.25) is 0 Å². The fraction of sp³-hybridized carbons (Fsp3) is 0.0896. The maximum absolute atomic E-state index is 6.71. The van der Waals surface area contributed by atoms with E-state index >= 15 is 0 Å². The Morgan fingerprint density at radius 2 is 1.19 bits per heavy atom. The number of furan rings is 2. The molecule has 0 bridgehead atoms. The highest BCUT2D eigenvalue weighted by atomic mass is 16.5. The number of fused-ring (bicyclic) bond motifs is 12. The van der Waals surface area contributed by atoms with Gasteiger partial charge in [0.25, 0.3) is 0 Å². The third-order valence-electron chi connectivity index (χ3n) is 15.6. The zero-order valence-corrected chi connectivity index (χ0v) is 39.5. The molecule has 9 aromatic carbocycles. The first-order valence-corrected chi connectivity index (χ1v) is 25.1. The second kappa shape index (κ2) is 16.1. The van der Waals surface area contributed by atoms with Crippen LogP contribution in [0, 0.1) is 5.92 Å². The molecule has 12 aromatic rings. The number of hydrogen-bond donors (Lipinski definition) is 0. The van der Waals surface area contributed by atoms with Crippen molar-refractivity contribution in [3.05, 3.63) is 247 Å². The smallest absolute Gasteiger partial charge is 0.143 e. The first-order valence-electron chi connectivity index (χ1n) is 25.1. The van der Waals surface area contributed by atoms with E-state index in [-0.39, 0.29) is 23.9 Å². The van der Waals surface area contributed by atoms with E-state index in [0.717, 1.165) is 112 Å². The number of hydrogen-bond acceptors (Lipinski definition) is 4. The third kappa shape index (κ3) is 6.30. The van der Waals surface area contributed by atoms with Crippen LogP contribution in [0.3, 0.4) is 0 Å². The highest BCUT2D eigenvalue weighted by Gasteiger charge is 2.35. The second-order valence-corrected chi connectivity index (χ2v) is 19.5. The fourth-order valence-corrected chi connectivity index (χ4v) is 12.2. The van der Waals surface area contributed by atoms with Gasteiger partial charge in [-0.1, -0.05) is 159 Å². The summed E-state index contributed by atoms with van der Waals surface area (Å²) in [6, 6.07) is 69.9. The van der Waals surface area contributed by atoms with Crippen molar-refractivity contribution < 1.29 is 13.6 Å². The molecule has 5 heteroatoms. The van der Waals surface area contributed by atoms with Crippen LogP contribution < -0.4 is 4.74 Å². The predicted octanol–water partition coefficient (Wildman–Crippen LogP) is 17.5. The molecular weight excluding hydrogens is 881 g/mol. The van der Waals surface area contributed by atoms with E-state index in [9.17, 15) is 0 Å². The number of rotatable bonds is 7. The minimum absolute atomic E-state index is 0.0291. The van der Waals surface area contributed by atoms with E-state index in [1.54, 1.807) is 0 Å². The van der Waals surface area contributed by atoms with Crippen molar-refractivity contribution in [2.24, 2.45) is 10.9 Å². The molecule has 3 aromatic heterocycles. The number of para-hydroxylation sites is 3. The van der Waals surface area contributed by atoms with Gasteiger partial charge >= 0.3 is 0 Å². The lowest BCUT2D eigenvalue weighted by molar-refractivity contribution is 0.269. The van der Waals surface area contributed by atoms with E-state index in [2.05, 4.69) is 224 Å². The van der Waals surface area contributed by atoms with Gasteiger partial charge in [-0.15, -0.1) is 0 Å². The summed E-state index contributed by atoms with van der Waals surface area (Å²) in [4.78, 5) is 5.66. The number of aliphatic imine (C=N–C) groups is 1. The molecule has 0 saturated carbocycles. The molecule has 0 radical (unpaired) electrons. The SMILES string of the molecule is CCC1C(c2cccc3oc4ccc(-c5ccc6c(c5)c5ccccc5n6-c5ccc(-c6cccc7c6oc6ccccc67)cc5)cc4c23)=NC(c2ccc3c(c2)OC2C=CC=CC32)=CC1c1ccccc1. The zero-order chi connectivity index (χ0) is 47.4. The Hall–Kier alpha value is -8.93. The first kappa shape index (κ1) is 40.9. The molecule has 0 saturated heterocycles. The molecule has 0 N–H and O–H groups in total. The fourth-order valence-electron chi connectivity index (χ4n) is 12.2. The number of ether oxygens (including phenoxy) is 1. The normalized spacial score (nSPS) is 18.3. The monoisotopic (exact) mass is 926 g/mol. The van der Waals surface area contributed by atoms with Gasteiger partial charge in [0.1, 0.15) is 34.2 Å². The van der Waals surface area contributed by atoms with Crippen LogP contribution in [-0.2, 0) is 0 Å². The van der Waals surface area contributed by atoms with E-state index in [1.165, 1.54) is 27.4 Å². The van der Waals surface area contributed by atoms with Crippen molar-refractivity contribution in [3.63, 3.8) is 0 Å². The summed E-state index contributed by atoms with van der Waals surface area (Å²) in [5.74, 6) is 1.43. The largest absolute Gasteiger partial charge is 0.485 e. The minimum Gasteiger partial charge on any atom is -0.485 e. The van der Waals surface area contributed by atoms with Crippen molar-refractivity contribution in [1.82, 2.24) is 4.57 Å². The highest BCUT2D eigenvalue weighted by molar-refractivity contribution is 6.21. The van der Waals surface area contributed by atoms with E-state index < -0.39 is 0 Å². The van der Waals surface area contributed by atoms with Gasteiger partial charge in [0.15, 0.2) is 0 Å². The summed E-state index contributed by atoms with van der Waals surface area (Å²) >= 11 is 0. The Morgan fingerprint density at radius 1 is 0.500 bits per heavy atom. The molecule has 5 heterocycles. The Morgan fingerprint density at radius 3 is 2.08 bits per heavy atom. The molecule has 15 rings (SSSR count). The molecular formula is C67H46N2O3. The molecule has 72 heavy (non-hydrogen) atoms. The standard InChI is InChI=1S/C67H46N2O3/c1-2-46-54(40-14-4-3-5-15-40)39-57(44-28-33-51-49-17-7-10-23-60(49)71-64(51)38-44)68-66(46)53-21-13-25-63-65(53)56-37-43(30-35-62(56)70-63)42-29-34-59-55(36-42)48-16-6-9-22-58(48)69(59)45-31-26-41(27-32-45)47-19-12-20-52-50-18-8-11-24-61(50)72-67(47)52/h3-39,46,49,54,60H,2H2,1H3. The lowest BCUT2D eigenvalue weighted by Crippen LogP contribution is -2.25. The summed E-state index contributed by atoms with van der Waals surface area (Å²) < 4.78 is 22.0.